The van der Waals surface area contributed by atoms with Crippen molar-refractivity contribution in [3.63, 3.8) is 0 Å². The van der Waals surface area contributed by atoms with Crippen LogP contribution in [0, 0.1) is 5.82 Å². The van der Waals surface area contributed by atoms with Gasteiger partial charge in [0.1, 0.15) is 18.2 Å². The maximum Gasteiger partial charge on any atom is 0.128 e. The quantitative estimate of drug-likeness (QED) is 0.917. The number of rotatable bonds is 4. The molecule has 0 radical (unpaired) electrons. The molecule has 0 saturated carbocycles. The molecule has 2 rings (SSSR count). The summed E-state index contributed by atoms with van der Waals surface area (Å²) in [6, 6.07) is 9.09. The van der Waals surface area contributed by atoms with Gasteiger partial charge >= 0.3 is 0 Å². The third kappa shape index (κ3) is 3.60. The van der Waals surface area contributed by atoms with E-state index in [0.29, 0.717) is 21.4 Å². The van der Waals surface area contributed by atoms with Gasteiger partial charge in [0.05, 0.1) is 11.6 Å². The van der Waals surface area contributed by atoms with E-state index in [1.165, 1.54) is 12.1 Å². The van der Waals surface area contributed by atoms with E-state index in [0.717, 1.165) is 5.56 Å². The van der Waals surface area contributed by atoms with Gasteiger partial charge in [-0.05, 0) is 29.8 Å². The fourth-order valence-corrected chi connectivity index (χ4v) is 2.14. The molecular formula is C14H11Cl2FO2. The smallest absolute Gasteiger partial charge is 0.128 e. The summed E-state index contributed by atoms with van der Waals surface area (Å²) in [5.74, 6) is 0.120. The van der Waals surface area contributed by atoms with Gasteiger partial charge in [-0.2, -0.15) is 0 Å². The first-order chi connectivity index (χ1) is 9.10. The minimum Gasteiger partial charge on any atom is -0.488 e. The van der Waals surface area contributed by atoms with Crippen LogP contribution in [0.25, 0.3) is 0 Å². The third-order valence-corrected chi connectivity index (χ3v) is 3.14. The fraction of sp³-hybridized carbons (Fsp3) is 0.143. The zero-order chi connectivity index (χ0) is 13.8. The summed E-state index contributed by atoms with van der Waals surface area (Å²) in [7, 11) is 0. The van der Waals surface area contributed by atoms with Gasteiger partial charge in [-0.25, -0.2) is 4.39 Å². The molecule has 0 aliphatic rings. The van der Waals surface area contributed by atoms with Crippen molar-refractivity contribution in [2.45, 2.75) is 13.2 Å². The van der Waals surface area contributed by atoms with E-state index in [2.05, 4.69) is 0 Å². The average molecular weight is 301 g/mol. The summed E-state index contributed by atoms with van der Waals surface area (Å²) in [4.78, 5) is 0. The van der Waals surface area contributed by atoms with Gasteiger partial charge in [-0.1, -0.05) is 35.3 Å². The van der Waals surface area contributed by atoms with Crippen molar-refractivity contribution in [1.82, 2.24) is 0 Å². The van der Waals surface area contributed by atoms with E-state index in [-0.39, 0.29) is 19.0 Å². The molecule has 0 aromatic heterocycles. The Kier molecular flexibility index (Phi) is 4.64. The molecule has 2 nitrogen and oxygen atoms in total. The van der Waals surface area contributed by atoms with Gasteiger partial charge in [0.2, 0.25) is 0 Å². The van der Waals surface area contributed by atoms with Crippen LogP contribution in [0.2, 0.25) is 10.0 Å². The Hall–Kier alpha value is -1.29. The summed E-state index contributed by atoms with van der Waals surface area (Å²) < 4.78 is 18.3. The Balaban J connectivity index is 2.17. The molecule has 0 atom stereocenters. The number of aliphatic hydroxyl groups excluding tert-OH is 1. The van der Waals surface area contributed by atoms with Crippen molar-refractivity contribution in [3.8, 4) is 5.75 Å². The Morgan fingerprint density at radius 1 is 1.11 bits per heavy atom. The van der Waals surface area contributed by atoms with Gasteiger partial charge in [-0.15, -0.1) is 0 Å². The topological polar surface area (TPSA) is 29.5 Å². The first-order valence-corrected chi connectivity index (χ1v) is 6.32. The summed E-state index contributed by atoms with van der Waals surface area (Å²) in [6.07, 6.45) is 0. The van der Waals surface area contributed by atoms with Crippen molar-refractivity contribution in [2.24, 2.45) is 0 Å². The van der Waals surface area contributed by atoms with Gasteiger partial charge in [0, 0.05) is 10.6 Å². The zero-order valence-corrected chi connectivity index (χ0v) is 11.4. The third-order valence-electron chi connectivity index (χ3n) is 2.59. The van der Waals surface area contributed by atoms with E-state index in [9.17, 15) is 9.50 Å². The van der Waals surface area contributed by atoms with Gasteiger partial charge in [0.25, 0.3) is 0 Å². The number of halogens is 3. The Morgan fingerprint density at radius 3 is 2.42 bits per heavy atom. The highest BCUT2D eigenvalue weighted by molar-refractivity contribution is 6.35. The molecule has 5 heteroatoms. The molecule has 0 aliphatic heterocycles. The van der Waals surface area contributed by atoms with Crippen molar-refractivity contribution >= 4 is 23.2 Å². The van der Waals surface area contributed by atoms with Crippen molar-refractivity contribution in [3.05, 3.63) is 63.4 Å². The lowest BCUT2D eigenvalue weighted by molar-refractivity contribution is 0.259. The Bertz CT molecular complexity index is 570. The lowest BCUT2D eigenvalue weighted by atomic mass is 10.2. The second-order valence-corrected chi connectivity index (χ2v) is 4.78. The maximum atomic E-state index is 12.8. The molecule has 1 N–H and O–H groups in total. The molecule has 0 unspecified atom stereocenters. The molecule has 100 valence electrons. The largest absolute Gasteiger partial charge is 0.488 e. The van der Waals surface area contributed by atoms with Crippen LogP contribution in [-0.2, 0) is 13.2 Å². The highest BCUT2D eigenvalue weighted by Gasteiger charge is 2.10. The van der Waals surface area contributed by atoms with Gasteiger partial charge in [0.15, 0.2) is 0 Å². The van der Waals surface area contributed by atoms with Crippen LogP contribution in [0.4, 0.5) is 4.39 Å². The zero-order valence-electron chi connectivity index (χ0n) is 9.87. The van der Waals surface area contributed by atoms with Crippen LogP contribution in [0.5, 0.6) is 5.75 Å². The molecule has 2 aromatic rings. The van der Waals surface area contributed by atoms with E-state index in [1.807, 2.05) is 0 Å². The average Bonchev–Trinajstić information content (AvgIpc) is 2.37. The van der Waals surface area contributed by atoms with Crippen molar-refractivity contribution in [1.29, 1.82) is 0 Å². The lowest BCUT2D eigenvalue weighted by Crippen LogP contribution is -1.99. The summed E-state index contributed by atoms with van der Waals surface area (Å²) in [5.41, 5.74) is 1.29. The number of benzene rings is 2. The standard InChI is InChI=1S/C14H11Cl2FO2/c15-10-5-13(16)12(7-18)14(6-10)19-8-9-1-3-11(17)4-2-9/h1-6,18H,7-8H2. The van der Waals surface area contributed by atoms with E-state index < -0.39 is 0 Å². The summed E-state index contributed by atoms with van der Waals surface area (Å²) in [6.45, 7) is -0.00129. The van der Waals surface area contributed by atoms with Gasteiger partial charge < -0.3 is 9.84 Å². The normalized spacial score (nSPS) is 10.5. The van der Waals surface area contributed by atoms with Crippen LogP contribution < -0.4 is 4.74 Å². The van der Waals surface area contributed by atoms with Crippen molar-refractivity contribution < 1.29 is 14.2 Å². The second kappa shape index (κ2) is 6.24. The predicted molar refractivity (Wildman–Crippen MR) is 73.1 cm³/mol. The van der Waals surface area contributed by atoms with Crippen LogP contribution in [0.15, 0.2) is 36.4 Å². The fourth-order valence-electron chi connectivity index (χ4n) is 1.60. The van der Waals surface area contributed by atoms with Crippen LogP contribution in [0.3, 0.4) is 0 Å². The highest BCUT2D eigenvalue weighted by Crippen LogP contribution is 2.31. The van der Waals surface area contributed by atoms with Crippen LogP contribution in [0.1, 0.15) is 11.1 Å². The maximum absolute atomic E-state index is 12.8. The number of hydrogen-bond donors (Lipinski definition) is 1. The predicted octanol–water partition coefficient (Wildman–Crippen LogP) is 4.20. The molecule has 0 bridgehead atoms. The molecule has 0 fully saturated rings. The molecule has 19 heavy (non-hydrogen) atoms. The molecule has 2 aromatic carbocycles. The first kappa shape index (κ1) is 14.1. The number of hydrogen-bond acceptors (Lipinski definition) is 2. The number of aliphatic hydroxyl groups is 1. The first-order valence-electron chi connectivity index (χ1n) is 5.56. The molecule has 0 spiro atoms. The molecular weight excluding hydrogens is 290 g/mol. The Labute approximate surface area is 120 Å². The van der Waals surface area contributed by atoms with Gasteiger partial charge in [-0.3, -0.25) is 0 Å². The lowest BCUT2D eigenvalue weighted by Gasteiger charge is -2.12. The highest BCUT2D eigenvalue weighted by atomic mass is 35.5. The monoisotopic (exact) mass is 300 g/mol. The van der Waals surface area contributed by atoms with Crippen molar-refractivity contribution in [2.75, 3.05) is 0 Å². The minimum absolute atomic E-state index is 0.240. The van der Waals surface area contributed by atoms with E-state index >= 15 is 0 Å². The molecule has 0 aliphatic carbocycles. The molecule has 0 saturated heterocycles. The van der Waals surface area contributed by atoms with Crippen LogP contribution >= 0.6 is 23.2 Å². The number of ether oxygens (including phenoxy) is 1. The molecule has 0 amide bonds. The molecule has 0 heterocycles. The van der Waals surface area contributed by atoms with E-state index in [1.54, 1.807) is 24.3 Å². The summed E-state index contributed by atoms with van der Waals surface area (Å²) in [5, 5.41) is 10.0. The Morgan fingerprint density at radius 2 is 1.79 bits per heavy atom. The van der Waals surface area contributed by atoms with Crippen LogP contribution in [-0.4, -0.2) is 5.11 Å². The SMILES string of the molecule is OCc1c(Cl)cc(Cl)cc1OCc1ccc(F)cc1. The van der Waals surface area contributed by atoms with E-state index in [4.69, 9.17) is 27.9 Å². The summed E-state index contributed by atoms with van der Waals surface area (Å²) >= 11 is 11.8. The second-order valence-electron chi connectivity index (χ2n) is 3.94. The minimum atomic E-state index is -0.300.